The molecule has 0 aliphatic heterocycles. The van der Waals surface area contributed by atoms with Gasteiger partial charge in [0.25, 0.3) is 0 Å². The minimum absolute atomic E-state index is 0.442. The largest absolute Gasteiger partial charge is 0.381 e. The second-order valence-electron chi connectivity index (χ2n) is 3.88. The predicted molar refractivity (Wildman–Crippen MR) is 68.1 cm³/mol. The molecule has 0 saturated carbocycles. The Hall–Kier alpha value is -2.15. The number of anilines is 1. The summed E-state index contributed by atoms with van der Waals surface area (Å²) in [6, 6.07) is 5.88. The summed E-state index contributed by atoms with van der Waals surface area (Å²) in [5, 5.41) is 13.8. The molecular weight excluding hydrogens is 250 g/mol. The van der Waals surface area contributed by atoms with E-state index in [1.54, 1.807) is 16.0 Å². The lowest BCUT2D eigenvalue weighted by Crippen LogP contribution is -2.04. The molecule has 92 valence electrons. The van der Waals surface area contributed by atoms with Crippen LogP contribution in [0, 0.1) is 6.92 Å². The van der Waals surface area contributed by atoms with Crippen LogP contribution in [0.5, 0.6) is 0 Å². The Labute approximate surface area is 107 Å². The van der Waals surface area contributed by atoms with Crippen LogP contribution in [-0.2, 0) is 6.54 Å². The van der Waals surface area contributed by atoms with E-state index in [1.165, 1.54) is 0 Å². The topological polar surface area (TPSA) is 82.8 Å². The zero-order chi connectivity index (χ0) is 12.5. The minimum Gasteiger partial charge on any atom is -0.381 e. The van der Waals surface area contributed by atoms with Crippen molar-refractivity contribution < 1.29 is 4.52 Å². The van der Waals surface area contributed by atoms with Gasteiger partial charge in [-0.1, -0.05) is 16.4 Å². The van der Waals surface area contributed by atoms with Crippen molar-refractivity contribution in [2.75, 3.05) is 5.73 Å². The number of thiophene rings is 1. The van der Waals surface area contributed by atoms with Crippen LogP contribution in [0.25, 0.3) is 10.6 Å². The van der Waals surface area contributed by atoms with E-state index in [4.69, 9.17) is 10.3 Å². The summed E-state index contributed by atoms with van der Waals surface area (Å²) >= 11 is 1.61. The smallest absolute Gasteiger partial charge is 0.177 e. The van der Waals surface area contributed by atoms with Crippen molar-refractivity contribution in [1.29, 1.82) is 0 Å². The zero-order valence-corrected chi connectivity index (χ0v) is 10.5. The molecule has 0 spiro atoms. The molecule has 3 aromatic heterocycles. The molecule has 0 amide bonds. The quantitative estimate of drug-likeness (QED) is 0.779. The van der Waals surface area contributed by atoms with Gasteiger partial charge in [0.05, 0.1) is 17.1 Å². The van der Waals surface area contributed by atoms with Gasteiger partial charge in [-0.15, -0.1) is 16.4 Å². The molecule has 0 aliphatic rings. The Balaban J connectivity index is 1.84. The first kappa shape index (κ1) is 11.0. The maximum Gasteiger partial charge on any atom is 0.177 e. The van der Waals surface area contributed by atoms with E-state index in [0.29, 0.717) is 12.4 Å². The molecule has 0 aliphatic carbocycles. The highest BCUT2D eigenvalue weighted by Crippen LogP contribution is 2.25. The van der Waals surface area contributed by atoms with Gasteiger partial charge in [-0.2, -0.15) is 0 Å². The normalized spacial score (nSPS) is 10.9. The number of nitrogen functional groups attached to an aromatic ring is 1. The molecule has 0 saturated heterocycles. The lowest BCUT2D eigenvalue weighted by molar-refractivity contribution is 0.419. The Morgan fingerprint density at radius 2 is 2.39 bits per heavy atom. The van der Waals surface area contributed by atoms with Gasteiger partial charge < -0.3 is 10.3 Å². The van der Waals surface area contributed by atoms with Crippen molar-refractivity contribution in [1.82, 2.24) is 20.2 Å². The van der Waals surface area contributed by atoms with Gasteiger partial charge in [-0.25, -0.2) is 4.68 Å². The number of hydrogen-bond acceptors (Lipinski definition) is 6. The Morgan fingerprint density at radius 1 is 1.50 bits per heavy atom. The second kappa shape index (κ2) is 4.26. The van der Waals surface area contributed by atoms with Crippen LogP contribution in [0.15, 0.2) is 28.1 Å². The van der Waals surface area contributed by atoms with E-state index in [9.17, 15) is 0 Å². The highest BCUT2D eigenvalue weighted by molar-refractivity contribution is 7.13. The number of nitrogens with two attached hydrogens (primary N) is 1. The fourth-order valence-electron chi connectivity index (χ4n) is 1.60. The second-order valence-corrected chi connectivity index (χ2v) is 4.83. The first-order valence-electron chi connectivity index (χ1n) is 5.39. The van der Waals surface area contributed by atoms with Crippen LogP contribution in [0.4, 0.5) is 5.82 Å². The molecular formula is C11H11N5OS. The third-order valence-electron chi connectivity index (χ3n) is 2.65. The van der Waals surface area contributed by atoms with Gasteiger partial charge in [-0.3, -0.25) is 0 Å². The lowest BCUT2D eigenvalue weighted by Gasteiger charge is -1.97. The molecule has 6 nitrogen and oxygen atoms in total. The van der Waals surface area contributed by atoms with Crippen LogP contribution < -0.4 is 5.73 Å². The van der Waals surface area contributed by atoms with Gasteiger partial charge in [-0.05, 0) is 18.4 Å². The Morgan fingerprint density at radius 3 is 3.06 bits per heavy atom. The molecule has 0 unspecified atom stereocenters. The van der Waals surface area contributed by atoms with E-state index < -0.39 is 0 Å². The van der Waals surface area contributed by atoms with Crippen molar-refractivity contribution in [3.63, 3.8) is 0 Å². The van der Waals surface area contributed by atoms with Crippen molar-refractivity contribution in [2.24, 2.45) is 0 Å². The monoisotopic (exact) mass is 261 g/mol. The molecule has 0 radical (unpaired) electrons. The predicted octanol–water partition coefficient (Wildman–Crippen LogP) is 1.93. The average molecular weight is 261 g/mol. The maximum atomic E-state index is 5.64. The molecule has 3 heterocycles. The van der Waals surface area contributed by atoms with Crippen LogP contribution in [0.3, 0.4) is 0 Å². The summed E-state index contributed by atoms with van der Waals surface area (Å²) in [4.78, 5) is 1.06. The first-order chi connectivity index (χ1) is 8.74. The summed E-state index contributed by atoms with van der Waals surface area (Å²) in [6.07, 6.45) is 0. The lowest BCUT2D eigenvalue weighted by atomic mass is 10.3. The van der Waals surface area contributed by atoms with Gasteiger partial charge in [0.15, 0.2) is 11.6 Å². The Kier molecular flexibility index (Phi) is 2.60. The molecule has 3 aromatic rings. The summed E-state index contributed by atoms with van der Waals surface area (Å²) in [5.41, 5.74) is 7.27. The Bertz CT molecular complexity index is 655. The summed E-state index contributed by atoms with van der Waals surface area (Å²) in [5.74, 6) is 1.21. The number of rotatable bonds is 3. The molecule has 0 aromatic carbocycles. The number of nitrogens with zero attached hydrogens (tertiary/aromatic N) is 4. The van der Waals surface area contributed by atoms with Gasteiger partial charge in [0.1, 0.15) is 5.69 Å². The van der Waals surface area contributed by atoms with Crippen molar-refractivity contribution in [3.05, 3.63) is 35.0 Å². The summed E-state index contributed by atoms with van der Waals surface area (Å²) in [7, 11) is 0. The maximum absolute atomic E-state index is 5.64. The molecule has 2 N–H and O–H groups in total. The van der Waals surface area contributed by atoms with E-state index in [2.05, 4.69) is 15.5 Å². The third kappa shape index (κ3) is 1.88. The van der Waals surface area contributed by atoms with Gasteiger partial charge >= 0.3 is 0 Å². The molecule has 0 bridgehead atoms. The third-order valence-corrected chi connectivity index (χ3v) is 3.54. The van der Waals surface area contributed by atoms with Crippen LogP contribution in [0.1, 0.15) is 11.4 Å². The van der Waals surface area contributed by atoms with Crippen molar-refractivity contribution in [2.45, 2.75) is 13.5 Å². The minimum atomic E-state index is 0.442. The van der Waals surface area contributed by atoms with E-state index >= 15 is 0 Å². The summed E-state index contributed by atoms with van der Waals surface area (Å²) < 4.78 is 7.00. The number of aromatic nitrogens is 4. The summed E-state index contributed by atoms with van der Waals surface area (Å²) in [6.45, 7) is 2.38. The van der Waals surface area contributed by atoms with Crippen molar-refractivity contribution in [3.8, 4) is 10.6 Å². The van der Waals surface area contributed by atoms with Crippen molar-refractivity contribution >= 4 is 17.2 Å². The fraction of sp³-hybridized carbons (Fsp3) is 0.182. The van der Waals surface area contributed by atoms with Crippen LogP contribution in [-0.4, -0.2) is 20.2 Å². The molecule has 0 atom stereocenters. The molecule has 18 heavy (non-hydrogen) atoms. The van der Waals surface area contributed by atoms with Crippen LogP contribution >= 0.6 is 11.3 Å². The zero-order valence-electron chi connectivity index (χ0n) is 9.70. The van der Waals surface area contributed by atoms with Gasteiger partial charge in [0, 0.05) is 6.07 Å². The van der Waals surface area contributed by atoms with Crippen LogP contribution in [0.2, 0.25) is 0 Å². The molecule has 0 fully saturated rings. The standard InChI is InChI=1S/C11H11N5OS/c1-7-11(12)13-15-16(7)6-8-5-9(17-14-8)10-3-2-4-18-10/h2-5H,6,12H2,1H3. The van der Waals surface area contributed by atoms with E-state index in [0.717, 1.165) is 22.0 Å². The molecule has 7 heteroatoms. The average Bonchev–Trinajstić information content (AvgIpc) is 3.06. The van der Waals surface area contributed by atoms with E-state index in [1.807, 2.05) is 30.5 Å². The highest BCUT2D eigenvalue weighted by atomic mass is 32.1. The fourth-order valence-corrected chi connectivity index (χ4v) is 2.27. The van der Waals surface area contributed by atoms with E-state index in [-0.39, 0.29) is 0 Å². The SMILES string of the molecule is Cc1c(N)nnn1Cc1cc(-c2cccs2)on1. The number of hydrogen-bond donors (Lipinski definition) is 1. The van der Waals surface area contributed by atoms with Gasteiger partial charge in [0.2, 0.25) is 0 Å². The first-order valence-corrected chi connectivity index (χ1v) is 6.27. The molecule has 3 rings (SSSR count). The highest BCUT2D eigenvalue weighted by Gasteiger charge is 2.11.